The molecule has 13 heteroatoms. The van der Waals surface area contributed by atoms with E-state index in [2.05, 4.69) is 39.3 Å². The van der Waals surface area contributed by atoms with Gasteiger partial charge in [0.2, 0.25) is 0 Å². The highest BCUT2D eigenvalue weighted by Gasteiger charge is 2.53. The van der Waals surface area contributed by atoms with Gasteiger partial charge in [-0.25, -0.2) is 9.36 Å². The van der Waals surface area contributed by atoms with Gasteiger partial charge in [0.25, 0.3) is 0 Å². The zero-order chi connectivity index (χ0) is 31.1. The third-order valence-corrected chi connectivity index (χ3v) is 9.51. The molecule has 3 N–H and O–H groups in total. The molecule has 1 aromatic heterocycles. The van der Waals surface area contributed by atoms with E-state index in [1.807, 2.05) is 38.5 Å². The monoisotopic (exact) mass is 626 g/mol. The Balaban J connectivity index is 1.07. The molecule has 12 nitrogen and oxygen atoms in total. The number of phosphoric acid groups is 1. The molecule has 0 radical (unpaired) electrons. The maximum Gasteiger partial charge on any atom is 0.529 e. The van der Waals surface area contributed by atoms with Gasteiger partial charge in [-0.2, -0.15) is 0 Å². The molecule has 1 unspecified atom stereocenters. The number of nitrogens with one attached hydrogen (secondary N) is 2. The fourth-order valence-electron chi connectivity index (χ4n) is 6.49. The van der Waals surface area contributed by atoms with E-state index in [0.29, 0.717) is 17.6 Å². The molecule has 1 aliphatic carbocycles. The molecule has 2 aliphatic heterocycles. The van der Waals surface area contributed by atoms with Crippen LogP contribution in [-0.4, -0.2) is 86.1 Å². The quantitative estimate of drug-likeness (QED) is 0.170. The van der Waals surface area contributed by atoms with Crippen molar-refractivity contribution in [3.05, 3.63) is 65.4 Å². The number of carbonyl (C=O) groups is 1. The van der Waals surface area contributed by atoms with Gasteiger partial charge in [-0.1, -0.05) is 18.2 Å². The number of methoxy groups -OCH3 is 1. The Morgan fingerprint density at radius 2 is 2.11 bits per heavy atom. The number of aromatic nitrogens is 1. The molecule has 0 bridgehead atoms. The van der Waals surface area contributed by atoms with E-state index in [0.717, 1.165) is 54.9 Å². The summed E-state index contributed by atoms with van der Waals surface area (Å²) < 4.78 is 41.0. The average Bonchev–Trinajstić information content (AvgIpc) is 3.51. The van der Waals surface area contributed by atoms with Crippen LogP contribution in [0, 0.1) is 0 Å². The van der Waals surface area contributed by atoms with E-state index in [4.69, 9.17) is 23.3 Å². The van der Waals surface area contributed by atoms with E-state index in [-0.39, 0.29) is 17.3 Å². The minimum Gasteiger partial charge on any atom is -0.493 e. The number of aromatic amines is 1. The molecule has 0 saturated carbocycles. The van der Waals surface area contributed by atoms with Crippen molar-refractivity contribution in [3.8, 4) is 17.2 Å². The number of rotatable bonds is 10. The Kier molecular flexibility index (Phi) is 8.38. The van der Waals surface area contributed by atoms with Crippen LogP contribution in [0.1, 0.15) is 29.5 Å². The molecule has 0 saturated heterocycles. The highest BCUT2D eigenvalue weighted by atomic mass is 31.2. The molecule has 3 heterocycles. The summed E-state index contributed by atoms with van der Waals surface area (Å²) in [5, 5.41) is 3.11. The van der Waals surface area contributed by atoms with Gasteiger partial charge in [0.15, 0.2) is 11.5 Å². The Morgan fingerprint density at radius 3 is 2.91 bits per heavy atom. The summed E-state index contributed by atoms with van der Waals surface area (Å²) in [6.07, 6.45) is 6.32. The number of likely N-dealkylation sites (N-methyl/N-ethyl adjacent to an activating group) is 1. The van der Waals surface area contributed by atoms with Gasteiger partial charge in [0.05, 0.1) is 12.5 Å². The predicted molar refractivity (Wildman–Crippen MR) is 164 cm³/mol. The van der Waals surface area contributed by atoms with Crippen molar-refractivity contribution >= 4 is 24.8 Å². The molecule has 1 amide bonds. The lowest BCUT2D eigenvalue weighted by Gasteiger charge is -2.36. The van der Waals surface area contributed by atoms with Crippen molar-refractivity contribution in [2.45, 2.75) is 43.4 Å². The standard InChI is InChI=1S/C31H39N4O8P/c1-34(2)14-11-20-17-32-23-6-5-7-24(27(20)23)43-44(37,38)40-19-33-30(36)41-22-10-12-31-13-15-35(3)18-21-8-9-25(39-4)29(28(21)31)42-26(31)16-22/h5-10,12,17,22,26,32H,11,13-16,18-19H2,1-4H3,(H,33,36)(H,37,38)/t22-,26-,31-/m0/s1. The van der Waals surface area contributed by atoms with Crippen LogP contribution in [0.5, 0.6) is 17.2 Å². The first-order valence-corrected chi connectivity index (χ1v) is 16.2. The number of carbonyl (C=O) groups excluding carboxylic acids is 1. The van der Waals surface area contributed by atoms with Crippen LogP contribution >= 0.6 is 7.82 Å². The number of hydrogen-bond donors (Lipinski definition) is 3. The first-order chi connectivity index (χ1) is 21.1. The molecule has 236 valence electrons. The number of ether oxygens (including phenoxy) is 3. The van der Waals surface area contributed by atoms with Crippen LogP contribution in [0.15, 0.2) is 48.7 Å². The Labute approximate surface area is 256 Å². The SMILES string of the molecule is COc1ccc2c3c1O[C@H]1C[C@@H](OC(=O)NCOP(=O)(O)Oc4cccc5[nH]cc(CCN(C)C)c45)C=C[C@@]31CCN(C)C2. The Hall–Kier alpha value is -3.54. The summed E-state index contributed by atoms with van der Waals surface area (Å²) in [7, 11) is 3.12. The fraction of sp³-hybridized carbons (Fsp3) is 0.452. The molecule has 0 fully saturated rings. The minimum absolute atomic E-state index is 0.217. The summed E-state index contributed by atoms with van der Waals surface area (Å²) >= 11 is 0. The van der Waals surface area contributed by atoms with Crippen molar-refractivity contribution in [1.82, 2.24) is 20.1 Å². The smallest absolute Gasteiger partial charge is 0.493 e. The van der Waals surface area contributed by atoms with Crippen molar-refractivity contribution in [2.75, 3.05) is 48.1 Å². The first kappa shape index (κ1) is 30.5. The zero-order valence-electron chi connectivity index (χ0n) is 25.4. The van der Waals surface area contributed by atoms with Gasteiger partial charge in [-0.05, 0) is 75.9 Å². The summed E-state index contributed by atoms with van der Waals surface area (Å²) in [4.78, 5) is 30.6. The normalized spacial score (nSPS) is 23.8. The molecule has 3 aliphatic rings. The highest BCUT2D eigenvalue weighted by molar-refractivity contribution is 7.47. The number of fused-ring (bicyclic) bond motifs is 1. The number of alkyl carbamates (subject to hydrolysis) is 1. The second-order valence-corrected chi connectivity index (χ2v) is 13.2. The lowest BCUT2D eigenvalue weighted by atomic mass is 9.69. The second-order valence-electron chi connectivity index (χ2n) is 11.9. The van der Waals surface area contributed by atoms with Gasteiger partial charge in [0.1, 0.15) is 24.7 Å². The molecule has 4 atom stereocenters. The van der Waals surface area contributed by atoms with Gasteiger partial charge >= 0.3 is 13.9 Å². The largest absolute Gasteiger partial charge is 0.529 e. The topological polar surface area (TPSA) is 135 Å². The number of benzene rings is 2. The maximum absolute atomic E-state index is 12.8. The van der Waals surface area contributed by atoms with Crippen LogP contribution < -0.4 is 19.3 Å². The molecule has 1 spiro atoms. The predicted octanol–water partition coefficient (Wildman–Crippen LogP) is 4.32. The Morgan fingerprint density at radius 1 is 1.27 bits per heavy atom. The van der Waals surface area contributed by atoms with Gasteiger partial charge < -0.3 is 33.5 Å². The number of amides is 1. The number of phosphoric ester groups is 1. The number of nitrogens with zero attached hydrogens (tertiary/aromatic N) is 2. The molecule has 3 aromatic rings. The van der Waals surface area contributed by atoms with Crippen molar-refractivity contribution in [3.63, 3.8) is 0 Å². The third-order valence-electron chi connectivity index (χ3n) is 8.62. The van der Waals surface area contributed by atoms with Gasteiger partial charge in [0, 0.05) is 42.2 Å². The maximum atomic E-state index is 12.8. The molecule has 2 aromatic carbocycles. The summed E-state index contributed by atoms with van der Waals surface area (Å²) in [5.41, 5.74) is 3.75. The molecular formula is C31H39N4O8P. The van der Waals surface area contributed by atoms with Crippen LogP contribution in [0.4, 0.5) is 4.79 Å². The molecular weight excluding hydrogens is 587 g/mol. The average molecular weight is 627 g/mol. The van der Waals surface area contributed by atoms with Crippen molar-refractivity contribution in [2.24, 2.45) is 0 Å². The summed E-state index contributed by atoms with van der Waals surface area (Å²) in [6.45, 7) is 1.92. The van der Waals surface area contributed by atoms with E-state index < -0.39 is 26.8 Å². The zero-order valence-corrected chi connectivity index (χ0v) is 26.3. The summed E-state index contributed by atoms with van der Waals surface area (Å²) in [5.74, 6) is 1.66. The van der Waals surface area contributed by atoms with Crippen LogP contribution in [-0.2, 0) is 32.2 Å². The minimum atomic E-state index is -4.57. The molecule has 44 heavy (non-hydrogen) atoms. The van der Waals surface area contributed by atoms with Crippen LogP contribution in [0.25, 0.3) is 10.9 Å². The highest BCUT2D eigenvalue weighted by Crippen LogP contribution is 2.56. The van der Waals surface area contributed by atoms with Crippen LogP contribution in [0.2, 0.25) is 0 Å². The second kappa shape index (κ2) is 12.1. The van der Waals surface area contributed by atoms with E-state index in [9.17, 15) is 14.3 Å². The summed E-state index contributed by atoms with van der Waals surface area (Å²) in [6, 6.07) is 9.24. The first-order valence-electron chi connectivity index (χ1n) is 14.7. The third kappa shape index (κ3) is 5.92. The van der Waals surface area contributed by atoms with E-state index in [1.165, 1.54) is 5.56 Å². The van der Waals surface area contributed by atoms with E-state index >= 15 is 0 Å². The van der Waals surface area contributed by atoms with Crippen LogP contribution in [0.3, 0.4) is 0 Å². The van der Waals surface area contributed by atoms with Crippen molar-refractivity contribution < 1.29 is 37.5 Å². The lowest BCUT2D eigenvalue weighted by Crippen LogP contribution is -2.44. The number of H-pyrrole nitrogens is 1. The van der Waals surface area contributed by atoms with E-state index in [1.54, 1.807) is 19.2 Å². The fourth-order valence-corrected chi connectivity index (χ4v) is 7.17. The van der Waals surface area contributed by atoms with Crippen molar-refractivity contribution in [1.29, 1.82) is 0 Å². The lowest BCUT2D eigenvalue weighted by molar-refractivity contribution is 0.0571. The number of hydrogen-bond acceptors (Lipinski definition) is 9. The van der Waals surface area contributed by atoms with Gasteiger partial charge in [-0.15, -0.1) is 0 Å². The Bertz CT molecular complexity index is 1620. The van der Waals surface area contributed by atoms with Gasteiger partial charge in [-0.3, -0.25) is 14.7 Å². The molecule has 6 rings (SSSR count).